The highest BCUT2D eigenvalue weighted by Gasteiger charge is 2.67. The SMILES string of the molecule is FC(F)=C(F)OC(F)(F)OC(F)(F)OC(F)(F)OC(F)(F)OC(F)(F)C(F)(F)F. The van der Waals surface area contributed by atoms with Crippen molar-refractivity contribution in [3.05, 3.63) is 12.1 Å². The average molecular weight is 480 g/mol. The van der Waals surface area contributed by atoms with E-state index in [0.29, 0.717) is 0 Å². The molecule has 0 aromatic carbocycles. The van der Waals surface area contributed by atoms with Gasteiger partial charge < -0.3 is 4.74 Å². The number of alkyl halides is 13. The van der Waals surface area contributed by atoms with Crippen LogP contribution in [0.4, 0.5) is 70.2 Å². The smallest absolute Gasteiger partial charge is 0.378 e. The zero-order valence-electron chi connectivity index (χ0n) is 12.1. The first-order valence-electron chi connectivity index (χ1n) is 5.56. The predicted molar refractivity (Wildman–Crippen MR) is 46.6 cm³/mol. The summed E-state index contributed by atoms with van der Waals surface area (Å²) < 4.78 is 204. The van der Waals surface area contributed by atoms with Gasteiger partial charge >= 0.3 is 49.6 Å². The molecule has 0 saturated carbocycles. The first kappa shape index (κ1) is 27.3. The summed E-state index contributed by atoms with van der Waals surface area (Å²) >= 11 is 0. The molecule has 0 heterocycles. The molecule has 29 heavy (non-hydrogen) atoms. The number of hydrogen-bond donors (Lipinski definition) is 0. The molecule has 0 fully saturated rings. The Morgan fingerprint density at radius 1 is 0.448 bits per heavy atom. The lowest BCUT2D eigenvalue weighted by Gasteiger charge is -2.28. The first-order chi connectivity index (χ1) is 12.4. The fraction of sp³-hybridized carbons (Fsp3) is 0.750. The van der Waals surface area contributed by atoms with Gasteiger partial charge in [0, 0.05) is 0 Å². The van der Waals surface area contributed by atoms with Crippen LogP contribution in [0.1, 0.15) is 0 Å². The van der Waals surface area contributed by atoms with Crippen LogP contribution in [0.15, 0.2) is 12.1 Å². The second-order valence-corrected chi connectivity index (χ2v) is 3.91. The first-order valence-corrected chi connectivity index (χ1v) is 5.56. The minimum atomic E-state index is -6.95. The van der Waals surface area contributed by atoms with Gasteiger partial charge in [-0.15, -0.1) is 35.1 Å². The van der Waals surface area contributed by atoms with Gasteiger partial charge in [-0.25, -0.2) is 14.2 Å². The maximum absolute atomic E-state index is 12.7. The maximum Gasteiger partial charge on any atom is 0.543 e. The van der Waals surface area contributed by atoms with Gasteiger partial charge in [0.05, 0.1) is 0 Å². The zero-order chi connectivity index (χ0) is 23.7. The predicted octanol–water partition coefficient (Wildman–Crippen LogP) is 5.46. The number of halogens is 16. The third kappa shape index (κ3) is 9.54. The van der Waals surface area contributed by atoms with E-state index in [9.17, 15) is 70.2 Å². The van der Waals surface area contributed by atoms with E-state index >= 15 is 0 Å². The Bertz CT molecular complexity index is 593. The van der Waals surface area contributed by atoms with Gasteiger partial charge in [0.15, 0.2) is 0 Å². The Morgan fingerprint density at radius 3 is 1.07 bits per heavy atom. The van der Waals surface area contributed by atoms with Crippen LogP contribution in [0.2, 0.25) is 0 Å². The monoisotopic (exact) mass is 480 g/mol. The van der Waals surface area contributed by atoms with Gasteiger partial charge in [-0.2, -0.15) is 39.9 Å². The van der Waals surface area contributed by atoms with Crippen LogP contribution in [0.3, 0.4) is 0 Å². The quantitative estimate of drug-likeness (QED) is 0.236. The van der Waals surface area contributed by atoms with Crippen LogP contribution in [-0.2, 0) is 23.7 Å². The van der Waals surface area contributed by atoms with Crippen molar-refractivity contribution < 1.29 is 93.9 Å². The second-order valence-electron chi connectivity index (χ2n) is 3.91. The lowest BCUT2D eigenvalue weighted by Crippen LogP contribution is -2.50. The molecule has 21 heteroatoms. The van der Waals surface area contributed by atoms with Crippen LogP contribution in [-0.4, -0.2) is 37.5 Å². The van der Waals surface area contributed by atoms with Gasteiger partial charge in [-0.05, 0) is 0 Å². The summed E-state index contributed by atoms with van der Waals surface area (Å²) in [5, 5.41) is 0. The molecular weight excluding hydrogens is 480 g/mol. The summed E-state index contributed by atoms with van der Waals surface area (Å²) in [6.07, 6.45) is -43.9. The van der Waals surface area contributed by atoms with Gasteiger partial charge in [-0.3, -0.25) is 0 Å². The third-order valence-corrected chi connectivity index (χ3v) is 1.65. The molecule has 0 aliphatic carbocycles. The largest absolute Gasteiger partial charge is 0.543 e. The van der Waals surface area contributed by atoms with E-state index in [4.69, 9.17) is 0 Å². The molecule has 0 radical (unpaired) electrons. The molecule has 5 nitrogen and oxygen atoms in total. The molecule has 0 saturated heterocycles. The third-order valence-electron chi connectivity index (χ3n) is 1.65. The summed E-state index contributed by atoms with van der Waals surface area (Å²) in [6.45, 7) is 0. The molecule has 0 rings (SSSR count). The Hall–Kier alpha value is -1.74. The summed E-state index contributed by atoms with van der Waals surface area (Å²) in [5.74, 6) is 0. The molecular formula is C8F16O5. The normalized spacial score (nSPS) is 14.8. The Labute approximate surface area is 145 Å². The highest BCUT2D eigenvalue weighted by molar-refractivity contribution is 4.81. The molecule has 0 unspecified atom stereocenters. The van der Waals surface area contributed by atoms with E-state index in [1.807, 2.05) is 4.74 Å². The highest BCUT2D eigenvalue weighted by Crippen LogP contribution is 2.43. The van der Waals surface area contributed by atoms with Gasteiger partial charge in [0.25, 0.3) is 0 Å². The van der Waals surface area contributed by atoms with E-state index in [2.05, 4.69) is 4.74 Å². The molecule has 0 spiro atoms. The molecule has 174 valence electrons. The summed E-state index contributed by atoms with van der Waals surface area (Å²) in [7, 11) is 0. The molecule has 0 aliphatic rings. The van der Waals surface area contributed by atoms with Crippen molar-refractivity contribution >= 4 is 0 Å². The molecule has 0 aromatic heterocycles. The van der Waals surface area contributed by atoms with Crippen LogP contribution in [0.25, 0.3) is 0 Å². The van der Waals surface area contributed by atoms with Crippen LogP contribution in [0.5, 0.6) is 0 Å². The van der Waals surface area contributed by atoms with Gasteiger partial charge in [-0.1, -0.05) is 0 Å². The minimum absolute atomic E-state index is 1.55. The molecule has 0 N–H and O–H groups in total. The average Bonchev–Trinajstić information content (AvgIpc) is 2.29. The van der Waals surface area contributed by atoms with Crippen molar-refractivity contribution in [2.45, 2.75) is 37.5 Å². The number of ether oxygens (including phenoxy) is 5. The van der Waals surface area contributed by atoms with E-state index in [1.54, 1.807) is 14.2 Å². The second kappa shape index (κ2) is 8.18. The van der Waals surface area contributed by atoms with Crippen molar-refractivity contribution in [2.24, 2.45) is 0 Å². The Balaban J connectivity index is 5.25. The maximum atomic E-state index is 12.7. The topological polar surface area (TPSA) is 46.2 Å². The van der Waals surface area contributed by atoms with Crippen molar-refractivity contribution in [1.82, 2.24) is 0 Å². The Morgan fingerprint density at radius 2 is 0.759 bits per heavy atom. The van der Waals surface area contributed by atoms with E-state index in [-0.39, 0.29) is 0 Å². The summed E-state index contributed by atoms with van der Waals surface area (Å²) in [4.78, 5) is 0. The molecule has 0 atom stereocenters. The van der Waals surface area contributed by atoms with Crippen LogP contribution >= 0.6 is 0 Å². The van der Waals surface area contributed by atoms with E-state index in [0.717, 1.165) is 0 Å². The zero-order valence-corrected chi connectivity index (χ0v) is 12.1. The van der Waals surface area contributed by atoms with Crippen molar-refractivity contribution in [3.8, 4) is 0 Å². The summed E-state index contributed by atoms with van der Waals surface area (Å²) in [6, 6.07) is -3.58. The highest BCUT2D eigenvalue weighted by atomic mass is 19.4. The van der Waals surface area contributed by atoms with Gasteiger partial charge in [0.2, 0.25) is 0 Å². The standard InChI is InChI=1S/C8F16O5/c9-1(10)2(11)25-5(17,18)27-7(21,22)29-8(23,24)28-6(19,20)26-4(15,16)3(12,13)14. The fourth-order valence-corrected chi connectivity index (χ4v) is 0.848. The van der Waals surface area contributed by atoms with Crippen molar-refractivity contribution in [1.29, 1.82) is 0 Å². The van der Waals surface area contributed by atoms with E-state index < -0.39 is 49.6 Å². The van der Waals surface area contributed by atoms with Gasteiger partial charge in [0.1, 0.15) is 0 Å². The summed E-state index contributed by atoms with van der Waals surface area (Å²) in [5.41, 5.74) is 0. The van der Waals surface area contributed by atoms with Crippen LogP contribution < -0.4 is 0 Å². The molecule has 0 bridgehead atoms. The van der Waals surface area contributed by atoms with Crippen molar-refractivity contribution in [3.63, 3.8) is 0 Å². The minimum Gasteiger partial charge on any atom is -0.378 e. The molecule has 0 aliphatic heterocycles. The lowest BCUT2D eigenvalue weighted by molar-refractivity contribution is -0.620. The van der Waals surface area contributed by atoms with E-state index in [1.165, 1.54) is 0 Å². The Kier molecular flexibility index (Phi) is 7.69. The molecule has 0 amide bonds. The number of rotatable bonds is 10. The molecule has 0 aromatic rings. The fourth-order valence-electron chi connectivity index (χ4n) is 0.848. The number of hydrogen-bond acceptors (Lipinski definition) is 5. The van der Waals surface area contributed by atoms with Crippen LogP contribution in [0, 0.1) is 0 Å². The lowest BCUT2D eigenvalue weighted by atomic mass is 10.6. The van der Waals surface area contributed by atoms with Crippen molar-refractivity contribution in [2.75, 3.05) is 0 Å².